The van der Waals surface area contributed by atoms with Gasteiger partial charge < -0.3 is 5.11 Å². The highest BCUT2D eigenvalue weighted by Crippen LogP contribution is 2.24. The highest BCUT2D eigenvalue weighted by atomic mass is 16.4. The van der Waals surface area contributed by atoms with Crippen LogP contribution in [0.15, 0.2) is 35.9 Å². The molecule has 0 bridgehead atoms. The molecule has 0 radical (unpaired) electrons. The van der Waals surface area contributed by atoms with Crippen molar-refractivity contribution in [3.05, 3.63) is 41.5 Å². The maximum absolute atomic E-state index is 10.5. The highest BCUT2D eigenvalue weighted by molar-refractivity contribution is 5.75. The summed E-state index contributed by atoms with van der Waals surface area (Å²) >= 11 is 0. The van der Waals surface area contributed by atoms with Gasteiger partial charge in [-0.15, -0.1) is 0 Å². The Morgan fingerprint density at radius 3 is 2.22 bits per heavy atom. The Morgan fingerprint density at radius 2 is 1.72 bits per heavy atom. The van der Waals surface area contributed by atoms with Crippen LogP contribution in [-0.2, 0) is 4.79 Å². The fourth-order valence-corrected chi connectivity index (χ4v) is 1.63. The molecule has 0 spiro atoms. The van der Waals surface area contributed by atoms with E-state index in [-0.39, 0.29) is 12.0 Å². The lowest BCUT2D eigenvalue weighted by atomic mass is 9.96. The molecular formula is C14H12N2O2. The third-order valence-electron chi connectivity index (χ3n) is 2.47. The van der Waals surface area contributed by atoms with E-state index in [2.05, 4.69) is 0 Å². The Hall–Kier alpha value is -2.59. The largest absolute Gasteiger partial charge is 0.481 e. The first-order valence-electron chi connectivity index (χ1n) is 5.49. The maximum Gasteiger partial charge on any atom is 0.303 e. The smallest absolute Gasteiger partial charge is 0.303 e. The molecule has 0 unspecified atom stereocenters. The molecule has 1 N–H and O–H groups in total. The monoisotopic (exact) mass is 240 g/mol. The number of benzene rings is 1. The quantitative estimate of drug-likeness (QED) is 0.802. The van der Waals surface area contributed by atoms with Crippen molar-refractivity contribution in [1.29, 1.82) is 10.5 Å². The first-order valence-corrected chi connectivity index (χ1v) is 5.49. The van der Waals surface area contributed by atoms with Gasteiger partial charge in [-0.25, -0.2) is 0 Å². The van der Waals surface area contributed by atoms with E-state index in [0.29, 0.717) is 18.4 Å². The maximum atomic E-state index is 10.5. The van der Waals surface area contributed by atoms with Crippen LogP contribution in [0.5, 0.6) is 0 Å². The zero-order chi connectivity index (χ0) is 13.4. The molecule has 0 saturated carbocycles. The van der Waals surface area contributed by atoms with Crippen LogP contribution in [0.1, 0.15) is 24.8 Å². The molecule has 90 valence electrons. The van der Waals surface area contributed by atoms with Gasteiger partial charge in [-0.2, -0.15) is 10.5 Å². The number of allylic oxidation sites excluding steroid dienone is 2. The molecule has 1 rings (SSSR count). The minimum absolute atomic E-state index is 0.0282. The van der Waals surface area contributed by atoms with Gasteiger partial charge in [0, 0.05) is 6.42 Å². The molecule has 0 aliphatic carbocycles. The molecule has 0 amide bonds. The van der Waals surface area contributed by atoms with Crippen molar-refractivity contribution in [2.75, 3.05) is 0 Å². The molecule has 18 heavy (non-hydrogen) atoms. The van der Waals surface area contributed by atoms with Gasteiger partial charge in [0.2, 0.25) is 0 Å². The highest BCUT2D eigenvalue weighted by Gasteiger charge is 2.09. The Labute approximate surface area is 105 Å². The van der Waals surface area contributed by atoms with Gasteiger partial charge in [0.1, 0.15) is 17.7 Å². The molecule has 4 nitrogen and oxygen atoms in total. The van der Waals surface area contributed by atoms with E-state index in [1.807, 2.05) is 42.5 Å². The molecule has 0 heterocycles. The molecule has 0 aliphatic heterocycles. The van der Waals surface area contributed by atoms with Crippen LogP contribution in [0, 0.1) is 22.7 Å². The standard InChI is InChI=1S/C14H12N2O2/c15-9-12(10-16)13(7-4-8-14(17)18)11-5-2-1-3-6-11/h1-3,5-6H,4,7-8H2,(H,17,18). The number of hydrogen-bond acceptors (Lipinski definition) is 3. The molecule has 0 atom stereocenters. The molecule has 0 aliphatic rings. The van der Waals surface area contributed by atoms with Gasteiger partial charge in [-0.3, -0.25) is 4.79 Å². The van der Waals surface area contributed by atoms with E-state index >= 15 is 0 Å². The topological polar surface area (TPSA) is 84.9 Å². The summed E-state index contributed by atoms with van der Waals surface area (Å²) in [6.07, 6.45) is 0.847. The van der Waals surface area contributed by atoms with Crippen LogP contribution in [-0.4, -0.2) is 11.1 Å². The summed E-state index contributed by atoms with van der Waals surface area (Å²) in [5, 5.41) is 26.4. The van der Waals surface area contributed by atoms with Crippen LogP contribution in [0.25, 0.3) is 5.57 Å². The number of hydrogen-bond donors (Lipinski definition) is 1. The van der Waals surface area contributed by atoms with Crippen LogP contribution < -0.4 is 0 Å². The van der Waals surface area contributed by atoms with Gasteiger partial charge >= 0.3 is 5.97 Å². The van der Waals surface area contributed by atoms with Crippen molar-refractivity contribution in [2.45, 2.75) is 19.3 Å². The van der Waals surface area contributed by atoms with Crippen LogP contribution >= 0.6 is 0 Å². The SMILES string of the molecule is N#CC(C#N)=C(CCCC(=O)O)c1ccccc1. The average Bonchev–Trinajstić information content (AvgIpc) is 2.39. The van der Waals surface area contributed by atoms with E-state index < -0.39 is 5.97 Å². The summed E-state index contributed by atoms with van der Waals surface area (Å²) < 4.78 is 0. The molecule has 1 aromatic carbocycles. The van der Waals surface area contributed by atoms with Crippen LogP contribution in [0.2, 0.25) is 0 Å². The number of rotatable bonds is 5. The first-order chi connectivity index (χ1) is 8.69. The van der Waals surface area contributed by atoms with E-state index in [0.717, 1.165) is 5.56 Å². The predicted molar refractivity (Wildman–Crippen MR) is 66.1 cm³/mol. The molecule has 0 aromatic heterocycles. The lowest BCUT2D eigenvalue weighted by Gasteiger charge is -2.06. The average molecular weight is 240 g/mol. The van der Waals surface area contributed by atoms with Crippen molar-refractivity contribution < 1.29 is 9.90 Å². The molecule has 0 fully saturated rings. The summed E-state index contributed by atoms with van der Waals surface area (Å²) in [6.45, 7) is 0. The van der Waals surface area contributed by atoms with Gasteiger partial charge in [-0.1, -0.05) is 30.3 Å². The summed E-state index contributed by atoms with van der Waals surface area (Å²) in [5.41, 5.74) is 1.45. The summed E-state index contributed by atoms with van der Waals surface area (Å²) in [7, 11) is 0. The summed E-state index contributed by atoms with van der Waals surface area (Å²) in [5.74, 6) is -0.877. The van der Waals surface area contributed by atoms with Crippen molar-refractivity contribution in [3.63, 3.8) is 0 Å². The second-order valence-electron chi connectivity index (χ2n) is 3.69. The third kappa shape index (κ3) is 3.77. The normalized spacial score (nSPS) is 9.00. The van der Waals surface area contributed by atoms with Gasteiger partial charge in [0.25, 0.3) is 0 Å². The minimum atomic E-state index is -0.877. The van der Waals surface area contributed by atoms with Crippen molar-refractivity contribution in [2.24, 2.45) is 0 Å². The molecule has 0 saturated heterocycles. The fourth-order valence-electron chi connectivity index (χ4n) is 1.63. The number of aliphatic carboxylic acids is 1. The van der Waals surface area contributed by atoms with Crippen LogP contribution in [0.4, 0.5) is 0 Å². The Balaban J connectivity index is 2.99. The number of carboxylic acid groups (broad SMARTS) is 1. The van der Waals surface area contributed by atoms with E-state index in [4.69, 9.17) is 15.6 Å². The second-order valence-corrected chi connectivity index (χ2v) is 3.69. The van der Waals surface area contributed by atoms with Gasteiger partial charge in [-0.05, 0) is 24.0 Å². The Morgan fingerprint density at radius 1 is 1.11 bits per heavy atom. The third-order valence-corrected chi connectivity index (χ3v) is 2.47. The number of nitriles is 2. The van der Waals surface area contributed by atoms with E-state index in [1.54, 1.807) is 0 Å². The van der Waals surface area contributed by atoms with Crippen molar-refractivity contribution in [3.8, 4) is 12.1 Å². The van der Waals surface area contributed by atoms with Crippen molar-refractivity contribution >= 4 is 11.5 Å². The fraction of sp³-hybridized carbons (Fsp3) is 0.214. The van der Waals surface area contributed by atoms with Gasteiger partial charge in [0.15, 0.2) is 0 Å². The van der Waals surface area contributed by atoms with Crippen LogP contribution in [0.3, 0.4) is 0 Å². The zero-order valence-electron chi connectivity index (χ0n) is 9.76. The minimum Gasteiger partial charge on any atom is -0.481 e. The van der Waals surface area contributed by atoms with E-state index in [1.165, 1.54) is 0 Å². The van der Waals surface area contributed by atoms with Gasteiger partial charge in [0.05, 0.1) is 0 Å². The Kier molecular flexibility index (Phi) is 5.15. The predicted octanol–water partition coefficient (Wildman–Crippen LogP) is 2.74. The molecular weight excluding hydrogens is 228 g/mol. The lowest BCUT2D eigenvalue weighted by molar-refractivity contribution is -0.137. The lowest BCUT2D eigenvalue weighted by Crippen LogP contribution is -1.96. The van der Waals surface area contributed by atoms with Crippen molar-refractivity contribution in [1.82, 2.24) is 0 Å². The molecule has 1 aromatic rings. The Bertz CT molecular complexity index is 517. The second kappa shape index (κ2) is 6.88. The molecule has 4 heteroatoms. The first kappa shape index (κ1) is 13.5. The number of carbonyl (C=O) groups is 1. The number of carboxylic acids is 1. The van der Waals surface area contributed by atoms with E-state index in [9.17, 15) is 4.79 Å². The summed E-state index contributed by atoms with van der Waals surface area (Å²) in [4.78, 5) is 10.5. The number of nitrogens with zero attached hydrogens (tertiary/aromatic N) is 2. The zero-order valence-corrected chi connectivity index (χ0v) is 9.76. The summed E-state index contributed by atoms with van der Waals surface area (Å²) in [6, 6.07) is 12.8.